The van der Waals surface area contributed by atoms with Gasteiger partial charge in [0, 0.05) is 43.4 Å². The number of carbonyl (C=O) groups excluding carboxylic acids is 1. The number of benzene rings is 1. The van der Waals surface area contributed by atoms with Gasteiger partial charge < -0.3 is 14.8 Å². The highest BCUT2D eigenvalue weighted by Crippen LogP contribution is 2.39. The van der Waals surface area contributed by atoms with Crippen LogP contribution in [0.5, 0.6) is 0 Å². The van der Waals surface area contributed by atoms with Crippen LogP contribution in [0, 0.1) is 5.82 Å². The van der Waals surface area contributed by atoms with Gasteiger partial charge in [-0.2, -0.15) is 0 Å². The van der Waals surface area contributed by atoms with Crippen molar-refractivity contribution in [1.82, 2.24) is 10.2 Å². The Morgan fingerprint density at radius 3 is 2.82 bits per heavy atom. The van der Waals surface area contributed by atoms with Crippen LogP contribution in [0.2, 0.25) is 5.02 Å². The molecule has 1 spiro atoms. The van der Waals surface area contributed by atoms with Gasteiger partial charge in [-0.1, -0.05) is 17.7 Å². The Balaban J connectivity index is 1.24. The first-order valence-electron chi connectivity index (χ1n) is 10.3. The maximum absolute atomic E-state index is 14.0. The molecule has 1 aromatic rings. The topological polar surface area (TPSA) is 50.8 Å². The number of rotatable bonds is 5. The Kier molecular flexibility index (Phi) is 6.21. The van der Waals surface area contributed by atoms with Gasteiger partial charge in [-0.15, -0.1) is 0 Å². The normalized spacial score (nSPS) is 27.4. The quantitative estimate of drug-likeness (QED) is 0.809. The summed E-state index contributed by atoms with van der Waals surface area (Å²) in [5.74, 6) is -0.259. The van der Waals surface area contributed by atoms with E-state index in [1.165, 1.54) is 6.07 Å². The van der Waals surface area contributed by atoms with Crippen molar-refractivity contribution in [2.24, 2.45) is 0 Å². The van der Waals surface area contributed by atoms with Gasteiger partial charge in [-0.05, 0) is 50.7 Å². The second-order valence-corrected chi connectivity index (χ2v) is 8.59. The number of nitrogens with one attached hydrogen (secondary N) is 1. The summed E-state index contributed by atoms with van der Waals surface area (Å²) in [5, 5.41) is 3.47. The first-order chi connectivity index (χ1) is 13.5. The summed E-state index contributed by atoms with van der Waals surface area (Å²) in [6.45, 7) is 3.48. The number of piperidine rings is 1. The number of nitrogens with zero attached hydrogens (tertiary/aromatic N) is 1. The van der Waals surface area contributed by atoms with Crippen LogP contribution < -0.4 is 5.32 Å². The van der Waals surface area contributed by atoms with E-state index in [2.05, 4.69) is 10.2 Å². The lowest BCUT2D eigenvalue weighted by Gasteiger charge is -2.39. The molecule has 2 atom stereocenters. The van der Waals surface area contributed by atoms with E-state index >= 15 is 0 Å². The molecule has 0 saturated carbocycles. The van der Waals surface area contributed by atoms with Crippen molar-refractivity contribution in [3.63, 3.8) is 0 Å². The molecule has 5 nitrogen and oxygen atoms in total. The van der Waals surface area contributed by atoms with Crippen LogP contribution in [0.3, 0.4) is 0 Å². The van der Waals surface area contributed by atoms with Gasteiger partial charge in [0.05, 0.1) is 11.7 Å². The van der Waals surface area contributed by atoms with Gasteiger partial charge >= 0.3 is 0 Å². The van der Waals surface area contributed by atoms with Crippen molar-refractivity contribution in [3.05, 3.63) is 34.6 Å². The summed E-state index contributed by atoms with van der Waals surface area (Å²) in [5.41, 5.74) is 0.469. The highest BCUT2D eigenvalue weighted by atomic mass is 35.5. The van der Waals surface area contributed by atoms with Crippen LogP contribution in [0.4, 0.5) is 4.39 Å². The highest BCUT2D eigenvalue weighted by Gasteiger charge is 2.42. The molecule has 4 rings (SSSR count). The Morgan fingerprint density at radius 2 is 2.11 bits per heavy atom. The van der Waals surface area contributed by atoms with E-state index in [9.17, 15) is 9.18 Å². The second kappa shape index (κ2) is 8.66. The van der Waals surface area contributed by atoms with Gasteiger partial charge in [-0.3, -0.25) is 9.69 Å². The van der Waals surface area contributed by atoms with E-state index in [0.717, 1.165) is 51.6 Å². The van der Waals surface area contributed by atoms with Crippen molar-refractivity contribution < 1.29 is 18.7 Å². The number of carbonyl (C=O) groups is 1. The van der Waals surface area contributed by atoms with Crippen molar-refractivity contribution in [1.29, 1.82) is 0 Å². The molecule has 3 heterocycles. The predicted octanol–water partition coefficient (Wildman–Crippen LogP) is 3.29. The number of likely N-dealkylation sites (tertiary alicyclic amines) is 1. The standard InChI is InChI=1S/C21H28ClFN2O3/c22-17-3-1-4-18(23)16(17)14-25-10-8-21(9-11-25)7-6-15(28-21)13-24-20(26)19-5-2-12-27-19/h1,3-4,15,19H,2,5-14H2,(H,24,26). The molecule has 154 valence electrons. The zero-order valence-corrected chi connectivity index (χ0v) is 16.8. The molecule has 3 saturated heterocycles. The van der Waals surface area contributed by atoms with Gasteiger partial charge in [0.2, 0.25) is 5.91 Å². The zero-order valence-electron chi connectivity index (χ0n) is 16.1. The van der Waals surface area contributed by atoms with E-state index in [1.807, 2.05) is 0 Å². The van der Waals surface area contributed by atoms with Crippen molar-refractivity contribution >= 4 is 17.5 Å². The van der Waals surface area contributed by atoms with Crippen molar-refractivity contribution in [2.45, 2.75) is 62.9 Å². The molecule has 2 unspecified atom stereocenters. The monoisotopic (exact) mass is 410 g/mol. The minimum absolute atomic E-state index is 0.0152. The van der Waals surface area contributed by atoms with Gasteiger partial charge in [-0.25, -0.2) is 4.39 Å². The average Bonchev–Trinajstić information content (AvgIpc) is 3.35. The van der Waals surface area contributed by atoms with Crippen LogP contribution in [-0.4, -0.2) is 54.9 Å². The van der Waals surface area contributed by atoms with E-state index in [1.54, 1.807) is 12.1 Å². The molecule has 0 aromatic heterocycles. The lowest BCUT2D eigenvalue weighted by atomic mass is 9.88. The maximum Gasteiger partial charge on any atom is 0.249 e. The lowest BCUT2D eigenvalue weighted by Crippen LogP contribution is -2.45. The molecular formula is C21H28ClFN2O3. The average molecular weight is 411 g/mol. The van der Waals surface area contributed by atoms with Crippen LogP contribution in [-0.2, 0) is 20.8 Å². The summed E-state index contributed by atoms with van der Waals surface area (Å²) in [7, 11) is 0. The minimum atomic E-state index is -0.288. The van der Waals surface area contributed by atoms with Crippen molar-refractivity contribution in [2.75, 3.05) is 26.2 Å². The molecule has 0 radical (unpaired) electrons. The summed E-state index contributed by atoms with van der Waals surface area (Å²) in [4.78, 5) is 14.3. The van der Waals surface area contributed by atoms with Crippen LogP contribution >= 0.6 is 11.6 Å². The number of halogens is 2. The van der Waals surface area contributed by atoms with Crippen LogP contribution in [0.1, 0.15) is 44.1 Å². The maximum atomic E-state index is 14.0. The minimum Gasteiger partial charge on any atom is -0.370 e. The third kappa shape index (κ3) is 4.51. The molecule has 1 amide bonds. The first-order valence-corrected chi connectivity index (χ1v) is 10.6. The summed E-state index contributed by atoms with van der Waals surface area (Å²) < 4.78 is 25.8. The predicted molar refractivity (Wildman–Crippen MR) is 105 cm³/mol. The Morgan fingerprint density at radius 1 is 1.29 bits per heavy atom. The molecular weight excluding hydrogens is 383 g/mol. The molecule has 7 heteroatoms. The van der Waals surface area contributed by atoms with Gasteiger partial charge in [0.15, 0.2) is 0 Å². The van der Waals surface area contributed by atoms with Crippen LogP contribution in [0.15, 0.2) is 18.2 Å². The third-order valence-electron chi connectivity index (χ3n) is 6.28. The third-order valence-corrected chi connectivity index (χ3v) is 6.63. The zero-order chi connectivity index (χ0) is 19.6. The largest absolute Gasteiger partial charge is 0.370 e. The van der Waals surface area contributed by atoms with E-state index in [0.29, 0.717) is 30.3 Å². The smallest absolute Gasteiger partial charge is 0.249 e. The Bertz CT molecular complexity index is 683. The number of hydrogen-bond donors (Lipinski definition) is 1. The highest BCUT2D eigenvalue weighted by molar-refractivity contribution is 6.31. The molecule has 28 heavy (non-hydrogen) atoms. The lowest BCUT2D eigenvalue weighted by molar-refractivity contribution is -0.131. The molecule has 3 aliphatic rings. The van der Waals surface area contributed by atoms with Crippen molar-refractivity contribution in [3.8, 4) is 0 Å². The molecule has 0 bridgehead atoms. The number of amides is 1. The Hall–Kier alpha value is -1.21. The fraction of sp³-hybridized carbons (Fsp3) is 0.667. The SMILES string of the molecule is O=C(NCC1CCC2(CCN(Cc3c(F)cccc3Cl)CC2)O1)C1CCCO1. The summed E-state index contributed by atoms with van der Waals surface area (Å²) in [6, 6.07) is 4.83. The Labute approximate surface area is 170 Å². The van der Waals surface area contributed by atoms with E-state index in [-0.39, 0.29) is 29.5 Å². The molecule has 1 aromatic carbocycles. The fourth-order valence-corrected chi connectivity index (χ4v) is 4.77. The second-order valence-electron chi connectivity index (χ2n) is 8.18. The summed E-state index contributed by atoms with van der Waals surface area (Å²) >= 11 is 6.16. The van der Waals surface area contributed by atoms with Crippen LogP contribution in [0.25, 0.3) is 0 Å². The number of ether oxygens (including phenoxy) is 2. The molecule has 1 N–H and O–H groups in total. The van der Waals surface area contributed by atoms with Gasteiger partial charge in [0.1, 0.15) is 11.9 Å². The van der Waals surface area contributed by atoms with Gasteiger partial charge in [0.25, 0.3) is 0 Å². The van der Waals surface area contributed by atoms with E-state index in [4.69, 9.17) is 21.1 Å². The first kappa shape index (κ1) is 20.1. The molecule has 3 fully saturated rings. The number of hydrogen-bond acceptors (Lipinski definition) is 4. The van der Waals surface area contributed by atoms with E-state index < -0.39 is 0 Å². The molecule has 0 aliphatic carbocycles. The fourth-order valence-electron chi connectivity index (χ4n) is 4.55. The molecule has 3 aliphatic heterocycles. The summed E-state index contributed by atoms with van der Waals surface area (Å²) in [6.07, 6.45) is 5.37.